The minimum atomic E-state index is -0.185. The van der Waals surface area contributed by atoms with E-state index in [1.165, 1.54) is 5.56 Å². The summed E-state index contributed by atoms with van der Waals surface area (Å²) >= 11 is 0. The maximum Gasteiger partial charge on any atom is 0.224 e. The molecule has 166 valence electrons. The van der Waals surface area contributed by atoms with Gasteiger partial charge in [-0.05, 0) is 55.2 Å². The van der Waals surface area contributed by atoms with Crippen molar-refractivity contribution in [1.29, 1.82) is 0 Å². The molecule has 0 spiro atoms. The Kier molecular flexibility index (Phi) is 8.87. The normalized spacial score (nSPS) is 11.4. The smallest absolute Gasteiger partial charge is 0.224 e. The molecule has 0 fully saturated rings. The fraction of sp³-hybridized carbons (Fsp3) is 0.259. The predicted octanol–water partition coefficient (Wildman–Crippen LogP) is 5.12. The van der Waals surface area contributed by atoms with Gasteiger partial charge in [0, 0.05) is 24.6 Å². The third kappa shape index (κ3) is 8.26. The number of hydrogen-bond donors (Lipinski definition) is 2. The van der Waals surface area contributed by atoms with Crippen LogP contribution in [-0.2, 0) is 22.6 Å². The highest BCUT2D eigenvalue weighted by atomic mass is 16.5. The third-order valence-corrected chi connectivity index (χ3v) is 5.08. The second kappa shape index (κ2) is 12.3. The van der Waals surface area contributed by atoms with E-state index in [1.54, 1.807) is 12.1 Å². The van der Waals surface area contributed by atoms with E-state index < -0.39 is 0 Å². The largest absolute Gasteiger partial charge is 0.489 e. The summed E-state index contributed by atoms with van der Waals surface area (Å²) in [5, 5.41) is 5.79. The van der Waals surface area contributed by atoms with Crippen molar-refractivity contribution in [3.8, 4) is 5.75 Å². The van der Waals surface area contributed by atoms with Gasteiger partial charge in [0.05, 0.1) is 0 Å². The molecule has 0 bridgehead atoms. The second-order valence-corrected chi connectivity index (χ2v) is 7.84. The van der Waals surface area contributed by atoms with Gasteiger partial charge in [0.25, 0.3) is 0 Å². The van der Waals surface area contributed by atoms with Gasteiger partial charge in [-0.25, -0.2) is 0 Å². The van der Waals surface area contributed by atoms with Gasteiger partial charge in [-0.3, -0.25) is 9.59 Å². The summed E-state index contributed by atoms with van der Waals surface area (Å²) in [6.45, 7) is 2.48. The molecule has 0 aliphatic carbocycles. The van der Waals surface area contributed by atoms with Gasteiger partial charge in [0.2, 0.25) is 11.8 Å². The first kappa shape index (κ1) is 23.1. The average molecular weight is 431 g/mol. The van der Waals surface area contributed by atoms with Crippen LogP contribution >= 0.6 is 0 Å². The van der Waals surface area contributed by atoms with Crippen LogP contribution in [0.25, 0.3) is 0 Å². The van der Waals surface area contributed by atoms with Crippen molar-refractivity contribution in [3.05, 3.63) is 96.1 Å². The van der Waals surface area contributed by atoms with E-state index in [4.69, 9.17) is 4.74 Å². The number of nitrogens with one attached hydrogen (secondary N) is 2. The third-order valence-electron chi connectivity index (χ3n) is 5.08. The number of hydrogen-bond acceptors (Lipinski definition) is 3. The second-order valence-electron chi connectivity index (χ2n) is 7.84. The zero-order chi connectivity index (χ0) is 22.6. The molecular formula is C27H30N2O3. The molecule has 5 nitrogen and oxygen atoms in total. The molecule has 0 heterocycles. The van der Waals surface area contributed by atoms with Crippen LogP contribution in [0.5, 0.6) is 5.75 Å². The Morgan fingerprint density at radius 1 is 0.781 bits per heavy atom. The van der Waals surface area contributed by atoms with Crippen molar-refractivity contribution in [2.75, 3.05) is 5.32 Å². The van der Waals surface area contributed by atoms with E-state index >= 15 is 0 Å². The van der Waals surface area contributed by atoms with Gasteiger partial charge in [-0.2, -0.15) is 0 Å². The topological polar surface area (TPSA) is 67.4 Å². The summed E-state index contributed by atoms with van der Waals surface area (Å²) < 4.78 is 5.75. The highest BCUT2D eigenvalue weighted by molar-refractivity contribution is 5.93. The molecule has 2 N–H and O–H groups in total. The van der Waals surface area contributed by atoms with Crippen molar-refractivity contribution in [2.24, 2.45) is 0 Å². The molecule has 3 rings (SSSR count). The van der Waals surface area contributed by atoms with Gasteiger partial charge in [0.15, 0.2) is 0 Å². The highest BCUT2D eigenvalue weighted by Crippen LogP contribution is 2.17. The molecular weight excluding hydrogens is 400 g/mol. The Bertz CT molecular complexity index is 973. The Hall–Kier alpha value is -3.60. The average Bonchev–Trinajstić information content (AvgIpc) is 2.82. The van der Waals surface area contributed by atoms with Gasteiger partial charge in [-0.1, -0.05) is 60.7 Å². The van der Waals surface area contributed by atoms with Crippen LogP contribution in [-0.4, -0.2) is 17.9 Å². The Morgan fingerprint density at radius 2 is 1.38 bits per heavy atom. The van der Waals surface area contributed by atoms with Gasteiger partial charge in [0.1, 0.15) is 12.4 Å². The lowest BCUT2D eigenvalue weighted by Crippen LogP contribution is -2.33. The van der Waals surface area contributed by atoms with Crippen LogP contribution < -0.4 is 15.4 Å². The molecule has 2 amide bonds. The Labute approximate surface area is 189 Å². The van der Waals surface area contributed by atoms with Crippen LogP contribution in [0.15, 0.2) is 84.9 Å². The lowest BCUT2D eigenvalue weighted by atomic mass is 10.1. The molecule has 0 aromatic heterocycles. The molecule has 3 aromatic carbocycles. The molecule has 3 aromatic rings. The van der Waals surface area contributed by atoms with E-state index in [2.05, 4.69) is 22.8 Å². The van der Waals surface area contributed by atoms with E-state index in [0.29, 0.717) is 12.3 Å². The van der Waals surface area contributed by atoms with Crippen molar-refractivity contribution in [3.63, 3.8) is 0 Å². The van der Waals surface area contributed by atoms with Gasteiger partial charge < -0.3 is 15.4 Å². The molecule has 0 radical (unpaired) electrons. The lowest BCUT2D eigenvalue weighted by molar-refractivity contribution is -0.124. The summed E-state index contributed by atoms with van der Waals surface area (Å²) in [5.41, 5.74) is 3.03. The number of aryl methyl sites for hydroxylation is 1. The lowest BCUT2D eigenvalue weighted by Gasteiger charge is -2.14. The van der Waals surface area contributed by atoms with Crippen molar-refractivity contribution in [2.45, 2.75) is 45.3 Å². The zero-order valence-electron chi connectivity index (χ0n) is 18.4. The fourth-order valence-electron chi connectivity index (χ4n) is 3.27. The number of rotatable bonds is 11. The van der Waals surface area contributed by atoms with Gasteiger partial charge in [-0.15, -0.1) is 0 Å². The van der Waals surface area contributed by atoms with Crippen LogP contribution in [0, 0.1) is 0 Å². The minimum Gasteiger partial charge on any atom is -0.489 e. The predicted molar refractivity (Wildman–Crippen MR) is 127 cm³/mol. The molecule has 1 atom stereocenters. The fourth-order valence-corrected chi connectivity index (χ4v) is 3.27. The Balaban J connectivity index is 1.33. The van der Waals surface area contributed by atoms with E-state index in [9.17, 15) is 9.59 Å². The molecule has 0 saturated heterocycles. The van der Waals surface area contributed by atoms with E-state index in [-0.39, 0.29) is 30.7 Å². The first-order chi connectivity index (χ1) is 15.6. The first-order valence-corrected chi connectivity index (χ1v) is 11.0. The van der Waals surface area contributed by atoms with Crippen LogP contribution in [0.2, 0.25) is 0 Å². The monoisotopic (exact) mass is 430 g/mol. The molecule has 0 saturated carbocycles. The van der Waals surface area contributed by atoms with Gasteiger partial charge >= 0.3 is 0 Å². The van der Waals surface area contributed by atoms with E-state index in [0.717, 1.165) is 24.2 Å². The maximum absolute atomic E-state index is 12.2. The number of benzene rings is 3. The van der Waals surface area contributed by atoms with E-state index in [1.807, 2.05) is 67.6 Å². The number of amides is 2. The summed E-state index contributed by atoms with van der Waals surface area (Å²) in [5.74, 6) is 0.441. The zero-order valence-corrected chi connectivity index (χ0v) is 18.4. The van der Waals surface area contributed by atoms with Crippen molar-refractivity contribution in [1.82, 2.24) is 5.32 Å². The summed E-state index contributed by atoms with van der Waals surface area (Å²) in [6.07, 6.45) is 2.08. The number of anilines is 1. The molecule has 32 heavy (non-hydrogen) atoms. The highest BCUT2D eigenvalue weighted by Gasteiger charge is 2.10. The van der Waals surface area contributed by atoms with Crippen LogP contribution in [0.3, 0.4) is 0 Å². The Morgan fingerprint density at radius 3 is 2.03 bits per heavy atom. The quantitative estimate of drug-likeness (QED) is 0.444. The van der Waals surface area contributed by atoms with Crippen molar-refractivity contribution >= 4 is 17.5 Å². The minimum absolute atomic E-state index is 0.0641. The van der Waals surface area contributed by atoms with Crippen molar-refractivity contribution < 1.29 is 14.3 Å². The number of carbonyl (C=O) groups excluding carboxylic acids is 2. The van der Waals surface area contributed by atoms with Crippen LogP contribution in [0.1, 0.15) is 37.3 Å². The molecule has 0 aliphatic rings. The molecule has 0 unspecified atom stereocenters. The van der Waals surface area contributed by atoms with Crippen LogP contribution in [0.4, 0.5) is 5.69 Å². The maximum atomic E-state index is 12.2. The number of ether oxygens (including phenoxy) is 1. The summed E-state index contributed by atoms with van der Waals surface area (Å²) in [6, 6.07) is 27.4. The standard InChI is InChI=1S/C27H30N2O3/c1-21(12-13-22-8-4-2-5-9-22)28-26(30)18-19-27(31)29-24-14-16-25(17-15-24)32-20-23-10-6-3-7-11-23/h2-11,14-17,21H,12-13,18-20H2,1H3,(H,28,30)(H,29,31)/t21-/m0/s1. The summed E-state index contributed by atoms with van der Waals surface area (Å²) in [4.78, 5) is 24.3. The molecule has 0 aliphatic heterocycles. The first-order valence-electron chi connectivity index (χ1n) is 11.0. The molecule has 5 heteroatoms. The SMILES string of the molecule is C[C@@H](CCc1ccccc1)NC(=O)CCC(=O)Nc1ccc(OCc2ccccc2)cc1. The summed E-state index contributed by atoms with van der Waals surface area (Å²) in [7, 11) is 0. The number of carbonyl (C=O) groups is 2.